The molecule has 2 rings (SSSR count). The van der Waals surface area contributed by atoms with E-state index in [2.05, 4.69) is 36.6 Å². The van der Waals surface area contributed by atoms with Gasteiger partial charge in [0.25, 0.3) is 0 Å². The minimum absolute atomic E-state index is 0.0326. The number of nitrogens with one attached hydrogen (secondary N) is 1. The van der Waals surface area contributed by atoms with E-state index in [1.807, 2.05) is 6.07 Å². The summed E-state index contributed by atoms with van der Waals surface area (Å²) >= 11 is 6.79. The highest BCUT2D eigenvalue weighted by Crippen LogP contribution is 2.28. The zero-order chi connectivity index (χ0) is 13.9. The second kappa shape index (κ2) is 6.70. The molecule has 1 aromatic rings. The van der Waals surface area contributed by atoms with Crippen molar-refractivity contribution in [2.24, 2.45) is 5.92 Å². The predicted molar refractivity (Wildman–Crippen MR) is 84.0 cm³/mol. The average Bonchev–Trinajstić information content (AvgIpc) is 2.39. The van der Waals surface area contributed by atoms with Gasteiger partial charge in [-0.1, -0.05) is 40.9 Å². The summed E-state index contributed by atoms with van der Waals surface area (Å²) < 4.78 is 28.3. The maximum absolute atomic E-state index is 12.4. The Balaban J connectivity index is 2.19. The summed E-state index contributed by atoms with van der Waals surface area (Å²) in [6.07, 6.45) is 4.27. The summed E-state index contributed by atoms with van der Waals surface area (Å²) in [6, 6.07) is 6.95. The molecule has 0 heterocycles. The smallest absolute Gasteiger partial charge is 0.208 e. The molecule has 0 radical (unpaired) electrons. The summed E-state index contributed by atoms with van der Waals surface area (Å²) in [4.78, 5) is 0.314. The lowest BCUT2D eigenvalue weighted by atomic mass is 9.87. The van der Waals surface area contributed by atoms with E-state index in [0.29, 0.717) is 15.3 Å². The first kappa shape index (κ1) is 15.5. The van der Waals surface area contributed by atoms with Gasteiger partial charge in [0.1, 0.15) is 0 Å². The van der Waals surface area contributed by atoms with Crippen LogP contribution in [0.3, 0.4) is 0 Å². The van der Waals surface area contributed by atoms with Gasteiger partial charge in [0, 0.05) is 15.8 Å². The standard InChI is InChI=1S/C13H17Br2NO2S/c14-9-10-5-1-3-7-12(10)16-19(17,18)13-8-4-2-6-11(13)15/h2,4,6,8,10,12,16H,1,3,5,7,9H2. The van der Waals surface area contributed by atoms with Crippen LogP contribution in [0.25, 0.3) is 0 Å². The molecule has 0 aromatic heterocycles. The van der Waals surface area contributed by atoms with Gasteiger partial charge in [-0.3, -0.25) is 0 Å². The van der Waals surface area contributed by atoms with Crippen LogP contribution < -0.4 is 4.72 Å². The zero-order valence-electron chi connectivity index (χ0n) is 10.5. The van der Waals surface area contributed by atoms with E-state index in [9.17, 15) is 8.42 Å². The van der Waals surface area contributed by atoms with Gasteiger partial charge in [0.05, 0.1) is 4.90 Å². The predicted octanol–water partition coefficient (Wildman–Crippen LogP) is 3.68. The molecule has 106 valence electrons. The Hall–Kier alpha value is 0.0900. The van der Waals surface area contributed by atoms with Crippen LogP contribution in [0.2, 0.25) is 0 Å². The molecule has 0 aliphatic heterocycles. The maximum atomic E-state index is 12.4. The van der Waals surface area contributed by atoms with E-state index in [-0.39, 0.29) is 6.04 Å². The largest absolute Gasteiger partial charge is 0.241 e. The monoisotopic (exact) mass is 409 g/mol. The second-order valence-electron chi connectivity index (χ2n) is 4.86. The molecule has 0 amide bonds. The Morgan fingerprint density at radius 3 is 2.58 bits per heavy atom. The lowest BCUT2D eigenvalue weighted by molar-refractivity contribution is 0.316. The molecule has 1 aromatic carbocycles. The molecule has 0 bridgehead atoms. The Morgan fingerprint density at radius 1 is 1.21 bits per heavy atom. The first-order valence-electron chi connectivity index (χ1n) is 6.37. The van der Waals surface area contributed by atoms with E-state index >= 15 is 0 Å². The van der Waals surface area contributed by atoms with Crippen molar-refractivity contribution in [1.82, 2.24) is 4.72 Å². The number of rotatable bonds is 4. The second-order valence-corrected chi connectivity index (χ2v) is 8.04. The van der Waals surface area contributed by atoms with Crippen LogP contribution in [-0.2, 0) is 10.0 Å². The van der Waals surface area contributed by atoms with E-state index in [0.717, 1.165) is 24.6 Å². The molecular weight excluding hydrogens is 394 g/mol. The highest BCUT2D eigenvalue weighted by molar-refractivity contribution is 9.10. The van der Waals surface area contributed by atoms with E-state index in [1.165, 1.54) is 6.42 Å². The fourth-order valence-corrected chi connectivity index (χ4v) is 5.59. The van der Waals surface area contributed by atoms with Gasteiger partial charge in [0.2, 0.25) is 10.0 Å². The number of alkyl halides is 1. The van der Waals surface area contributed by atoms with Gasteiger partial charge in [-0.2, -0.15) is 0 Å². The van der Waals surface area contributed by atoms with Gasteiger partial charge in [-0.25, -0.2) is 13.1 Å². The number of hydrogen-bond donors (Lipinski definition) is 1. The van der Waals surface area contributed by atoms with E-state index in [4.69, 9.17) is 0 Å². The third-order valence-electron chi connectivity index (χ3n) is 3.54. The fraction of sp³-hybridized carbons (Fsp3) is 0.538. The molecule has 1 saturated carbocycles. The summed E-state index contributed by atoms with van der Waals surface area (Å²) in [5.41, 5.74) is 0. The minimum Gasteiger partial charge on any atom is -0.208 e. The highest BCUT2D eigenvalue weighted by Gasteiger charge is 2.29. The topological polar surface area (TPSA) is 46.2 Å². The number of benzene rings is 1. The van der Waals surface area contributed by atoms with Crippen molar-refractivity contribution in [3.05, 3.63) is 28.7 Å². The third-order valence-corrected chi connectivity index (χ3v) is 6.87. The lowest BCUT2D eigenvalue weighted by Crippen LogP contribution is -2.42. The molecular formula is C13H17Br2NO2S. The average molecular weight is 411 g/mol. The van der Waals surface area contributed by atoms with Crippen molar-refractivity contribution in [2.45, 2.75) is 36.6 Å². The Labute approximate surface area is 131 Å². The van der Waals surface area contributed by atoms with Crippen LogP contribution in [0.15, 0.2) is 33.6 Å². The van der Waals surface area contributed by atoms with Crippen LogP contribution in [-0.4, -0.2) is 19.8 Å². The summed E-state index contributed by atoms with van der Waals surface area (Å²) in [7, 11) is -3.45. The molecule has 2 atom stereocenters. The maximum Gasteiger partial charge on any atom is 0.241 e. The molecule has 1 aliphatic carbocycles. The summed E-state index contributed by atoms with van der Waals surface area (Å²) in [5.74, 6) is 0.381. The Kier molecular flexibility index (Phi) is 5.45. The van der Waals surface area contributed by atoms with Crippen LogP contribution in [0.1, 0.15) is 25.7 Å². The molecule has 3 nitrogen and oxygen atoms in total. The van der Waals surface area contributed by atoms with Crippen molar-refractivity contribution >= 4 is 41.9 Å². The molecule has 1 fully saturated rings. The SMILES string of the molecule is O=S(=O)(NC1CCCCC1CBr)c1ccccc1Br. The molecule has 2 unspecified atom stereocenters. The number of hydrogen-bond acceptors (Lipinski definition) is 2. The fourth-order valence-electron chi connectivity index (χ4n) is 2.47. The minimum atomic E-state index is -3.45. The van der Waals surface area contributed by atoms with E-state index < -0.39 is 10.0 Å². The van der Waals surface area contributed by atoms with Crippen LogP contribution in [0.5, 0.6) is 0 Å². The van der Waals surface area contributed by atoms with Gasteiger partial charge < -0.3 is 0 Å². The first-order chi connectivity index (χ1) is 9.04. The van der Waals surface area contributed by atoms with Gasteiger partial charge in [0.15, 0.2) is 0 Å². The van der Waals surface area contributed by atoms with Crippen molar-refractivity contribution < 1.29 is 8.42 Å². The summed E-state index contributed by atoms with van der Waals surface area (Å²) in [5, 5.41) is 0.843. The quantitative estimate of drug-likeness (QED) is 0.769. The van der Waals surface area contributed by atoms with Crippen molar-refractivity contribution in [1.29, 1.82) is 0 Å². The molecule has 0 spiro atoms. The van der Waals surface area contributed by atoms with Gasteiger partial charge in [-0.15, -0.1) is 0 Å². The van der Waals surface area contributed by atoms with Gasteiger partial charge >= 0.3 is 0 Å². The van der Waals surface area contributed by atoms with Crippen LogP contribution in [0, 0.1) is 5.92 Å². The molecule has 1 aliphatic rings. The van der Waals surface area contributed by atoms with Crippen molar-refractivity contribution in [3.8, 4) is 0 Å². The Morgan fingerprint density at radius 2 is 1.89 bits per heavy atom. The molecule has 0 saturated heterocycles. The van der Waals surface area contributed by atoms with Crippen LogP contribution >= 0.6 is 31.9 Å². The Bertz CT molecular complexity index is 533. The van der Waals surface area contributed by atoms with Gasteiger partial charge in [-0.05, 0) is 46.8 Å². The molecule has 1 N–H and O–H groups in total. The van der Waals surface area contributed by atoms with Crippen molar-refractivity contribution in [2.75, 3.05) is 5.33 Å². The molecule has 19 heavy (non-hydrogen) atoms. The number of halogens is 2. The summed E-state index contributed by atoms with van der Waals surface area (Å²) in [6.45, 7) is 0. The lowest BCUT2D eigenvalue weighted by Gasteiger charge is -2.30. The number of sulfonamides is 1. The third kappa shape index (κ3) is 3.80. The first-order valence-corrected chi connectivity index (χ1v) is 9.77. The molecule has 6 heteroatoms. The van der Waals surface area contributed by atoms with Crippen molar-refractivity contribution in [3.63, 3.8) is 0 Å². The highest BCUT2D eigenvalue weighted by atomic mass is 79.9. The normalized spacial score (nSPS) is 24.3. The zero-order valence-corrected chi connectivity index (χ0v) is 14.5. The van der Waals surface area contributed by atoms with E-state index in [1.54, 1.807) is 18.2 Å². The van der Waals surface area contributed by atoms with Crippen LogP contribution in [0.4, 0.5) is 0 Å².